The first kappa shape index (κ1) is 17.4. The van der Waals surface area contributed by atoms with Crippen LogP contribution in [0.3, 0.4) is 0 Å². The molecule has 0 aromatic carbocycles. The Labute approximate surface area is 110 Å². The van der Waals surface area contributed by atoms with Crippen LogP contribution in [0.25, 0.3) is 0 Å². The van der Waals surface area contributed by atoms with E-state index < -0.39 is 21.5 Å². The van der Waals surface area contributed by atoms with Gasteiger partial charge in [-0.05, 0) is 32.1 Å². The Morgan fingerprint density at radius 2 is 1.61 bits per heavy atom. The Morgan fingerprint density at radius 1 is 1.11 bits per heavy atom. The molecular formula is C12H25NO4S. The fraction of sp³-hybridized carbons (Fsp3) is 0.917. The van der Waals surface area contributed by atoms with Crippen molar-refractivity contribution in [3.05, 3.63) is 0 Å². The van der Waals surface area contributed by atoms with Gasteiger partial charge in [-0.25, -0.2) is 13.1 Å². The van der Waals surface area contributed by atoms with E-state index in [-0.39, 0.29) is 24.0 Å². The summed E-state index contributed by atoms with van der Waals surface area (Å²) in [7, 11) is -3.36. The van der Waals surface area contributed by atoms with Crippen molar-refractivity contribution in [1.29, 1.82) is 0 Å². The van der Waals surface area contributed by atoms with E-state index >= 15 is 0 Å². The molecule has 2 N–H and O–H groups in total. The van der Waals surface area contributed by atoms with Gasteiger partial charge in [0.15, 0.2) is 0 Å². The van der Waals surface area contributed by atoms with Crippen LogP contribution in [-0.4, -0.2) is 30.8 Å². The lowest BCUT2D eigenvalue weighted by atomic mass is 9.94. The van der Waals surface area contributed by atoms with Crippen LogP contribution in [-0.2, 0) is 14.8 Å². The molecular weight excluding hydrogens is 254 g/mol. The van der Waals surface area contributed by atoms with Crippen molar-refractivity contribution in [3.63, 3.8) is 0 Å². The van der Waals surface area contributed by atoms with Crippen molar-refractivity contribution in [2.24, 2.45) is 5.41 Å². The summed E-state index contributed by atoms with van der Waals surface area (Å²) in [6, 6.07) is 0. The third kappa shape index (κ3) is 9.41. The molecule has 6 heteroatoms. The molecule has 0 rings (SSSR count). The lowest BCUT2D eigenvalue weighted by Gasteiger charge is -2.26. The summed E-state index contributed by atoms with van der Waals surface area (Å²) in [5.74, 6) is -0.857. The molecule has 0 aliphatic heterocycles. The highest BCUT2D eigenvalue weighted by molar-refractivity contribution is 7.89. The molecule has 0 heterocycles. The number of aliphatic carboxylic acids is 1. The zero-order chi connectivity index (χ0) is 14.6. The van der Waals surface area contributed by atoms with Crippen molar-refractivity contribution in [2.75, 3.05) is 5.75 Å². The van der Waals surface area contributed by atoms with E-state index in [9.17, 15) is 13.2 Å². The second kappa shape index (κ2) is 6.02. The predicted molar refractivity (Wildman–Crippen MR) is 71.9 cm³/mol. The van der Waals surface area contributed by atoms with Gasteiger partial charge >= 0.3 is 5.97 Å². The second-order valence-corrected chi connectivity index (χ2v) is 8.35. The molecule has 0 aromatic heterocycles. The summed E-state index contributed by atoms with van der Waals surface area (Å²) in [5.41, 5.74) is -0.769. The summed E-state index contributed by atoms with van der Waals surface area (Å²) < 4.78 is 26.3. The summed E-state index contributed by atoms with van der Waals surface area (Å²) in [4.78, 5) is 10.5. The molecule has 0 aromatic rings. The minimum absolute atomic E-state index is 0.0417. The molecule has 0 saturated carbocycles. The highest BCUT2D eigenvalue weighted by Crippen LogP contribution is 2.20. The zero-order valence-electron chi connectivity index (χ0n) is 11.9. The first-order valence-corrected chi connectivity index (χ1v) is 7.72. The fourth-order valence-electron chi connectivity index (χ4n) is 1.38. The van der Waals surface area contributed by atoms with Gasteiger partial charge in [0, 0.05) is 12.0 Å². The average Bonchev–Trinajstić information content (AvgIpc) is 2.09. The molecule has 18 heavy (non-hydrogen) atoms. The largest absolute Gasteiger partial charge is 0.481 e. The van der Waals surface area contributed by atoms with Crippen molar-refractivity contribution >= 4 is 16.0 Å². The molecule has 0 amide bonds. The fourth-order valence-corrected chi connectivity index (χ4v) is 3.31. The van der Waals surface area contributed by atoms with Gasteiger partial charge in [0.1, 0.15) is 0 Å². The summed E-state index contributed by atoms with van der Waals surface area (Å²) in [6.07, 6.45) is 0.795. The van der Waals surface area contributed by atoms with Crippen LogP contribution in [0.15, 0.2) is 0 Å². The topological polar surface area (TPSA) is 83.5 Å². The number of hydrogen-bond donors (Lipinski definition) is 2. The Kier molecular flexibility index (Phi) is 5.81. The van der Waals surface area contributed by atoms with Crippen molar-refractivity contribution in [3.8, 4) is 0 Å². The van der Waals surface area contributed by atoms with Crippen LogP contribution >= 0.6 is 0 Å². The molecule has 0 fully saturated rings. The van der Waals surface area contributed by atoms with Crippen LogP contribution in [0.2, 0.25) is 0 Å². The minimum atomic E-state index is -3.36. The van der Waals surface area contributed by atoms with E-state index in [4.69, 9.17) is 5.11 Å². The van der Waals surface area contributed by atoms with E-state index in [2.05, 4.69) is 4.72 Å². The second-order valence-electron chi connectivity index (χ2n) is 6.51. The van der Waals surface area contributed by atoms with Crippen molar-refractivity contribution in [1.82, 2.24) is 4.72 Å². The minimum Gasteiger partial charge on any atom is -0.481 e. The van der Waals surface area contributed by atoms with Crippen molar-refractivity contribution < 1.29 is 18.3 Å². The number of hydrogen-bond acceptors (Lipinski definition) is 3. The van der Waals surface area contributed by atoms with E-state index in [1.54, 1.807) is 13.8 Å². The van der Waals surface area contributed by atoms with E-state index in [0.717, 1.165) is 0 Å². The average molecular weight is 279 g/mol. The standard InChI is InChI=1S/C12H25NO4S/c1-11(2,3)8-9-18(16,17)13-12(4,5)7-6-10(14)15/h13H,6-9H2,1-5H3,(H,14,15). The molecule has 0 aliphatic rings. The summed E-state index contributed by atoms with van der Waals surface area (Å²) in [6.45, 7) is 9.35. The molecule has 108 valence electrons. The maximum Gasteiger partial charge on any atom is 0.303 e. The maximum atomic E-state index is 11.9. The zero-order valence-corrected chi connectivity index (χ0v) is 12.7. The number of nitrogens with one attached hydrogen (secondary N) is 1. The molecule has 0 unspecified atom stereocenters. The van der Waals surface area contributed by atoms with Crippen LogP contribution < -0.4 is 4.72 Å². The number of carboxylic acids is 1. The number of rotatable bonds is 7. The maximum absolute atomic E-state index is 11.9. The molecule has 0 aliphatic carbocycles. The van der Waals surface area contributed by atoms with Crippen molar-refractivity contribution in [2.45, 2.75) is 59.4 Å². The van der Waals surface area contributed by atoms with E-state index in [0.29, 0.717) is 6.42 Å². The van der Waals surface area contributed by atoms with Gasteiger partial charge in [-0.2, -0.15) is 0 Å². The SMILES string of the molecule is CC(C)(C)CCS(=O)(=O)NC(C)(C)CCC(=O)O. The van der Waals surface area contributed by atoms with Gasteiger partial charge in [-0.1, -0.05) is 20.8 Å². The molecule has 0 spiro atoms. The smallest absolute Gasteiger partial charge is 0.303 e. The summed E-state index contributed by atoms with van der Waals surface area (Å²) >= 11 is 0. The lowest BCUT2D eigenvalue weighted by Crippen LogP contribution is -2.45. The number of sulfonamides is 1. The Morgan fingerprint density at radius 3 is 2.00 bits per heavy atom. The van der Waals surface area contributed by atoms with Gasteiger partial charge in [-0.3, -0.25) is 4.79 Å². The first-order valence-electron chi connectivity index (χ1n) is 6.06. The highest BCUT2D eigenvalue weighted by Gasteiger charge is 2.26. The summed E-state index contributed by atoms with van der Waals surface area (Å²) in [5, 5.41) is 8.61. The monoisotopic (exact) mass is 279 g/mol. The van der Waals surface area contributed by atoms with E-state index in [1.807, 2.05) is 20.8 Å². The van der Waals surface area contributed by atoms with E-state index in [1.165, 1.54) is 0 Å². The molecule has 0 bridgehead atoms. The van der Waals surface area contributed by atoms with Crippen LogP contribution in [0.4, 0.5) is 0 Å². The van der Waals surface area contributed by atoms with Crippen LogP contribution in [0.5, 0.6) is 0 Å². The predicted octanol–water partition coefficient (Wildman–Crippen LogP) is 1.99. The van der Waals surface area contributed by atoms with Gasteiger partial charge in [0.05, 0.1) is 5.75 Å². The molecule has 0 atom stereocenters. The quantitative estimate of drug-likeness (QED) is 0.746. The molecule has 0 radical (unpaired) electrons. The van der Waals surface area contributed by atoms with Gasteiger partial charge in [0.25, 0.3) is 0 Å². The normalized spacial score (nSPS) is 13.6. The Bertz CT molecular complexity index is 379. The number of carbonyl (C=O) groups is 1. The third-order valence-electron chi connectivity index (χ3n) is 2.52. The first-order chi connectivity index (χ1) is 7.83. The Balaban J connectivity index is 4.42. The van der Waals surface area contributed by atoms with Gasteiger partial charge in [-0.15, -0.1) is 0 Å². The van der Waals surface area contributed by atoms with Gasteiger partial charge in [0.2, 0.25) is 10.0 Å². The third-order valence-corrected chi connectivity index (χ3v) is 4.12. The molecule has 0 saturated heterocycles. The van der Waals surface area contributed by atoms with Crippen LogP contribution in [0.1, 0.15) is 53.9 Å². The lowest BCUT2D eigenvalue weighted by molar-refractivity contribution is -0.137. The van der Waals surface area contributed by atoms with Gasteiger partial charge < -0.3 is 5.11 Å². The molecule has 5 nitrogen and oxygen atoms in total. The van der Waals surface area contributed by atoms with Crippen LogP contribution in [0, 0.1) is 5.41 Å². The number of carboxylic acid groups (broad SMARTS) is 1. The Hall–Kier alpha value is -0.620. The highest BCUT2D eigenvalue weighted by atomic mass is 32.2.